The zero-order chi connectivity index (χ0) is 23.7. The molecular weight excluding hydrogens is 451 g/mol. The Bertz CT molecular complexity index is 1310. The summed E-state index contributed by atoms with van der Waals surface area (Å²) in [6.45, 7) is 1.77. The Labute approximate surface area is 200 Å². The van der Waals surface area contributed by atoms with Crippen molar-refractivity contribution in [2.24, 2.45) is 9.98 Å². The fourth-order valence-corrected chi connectivity index (χ4v) is 4.87. The third-order valence-electron chi connectivity index (χ3n) is 5.64. The number of aliphatic imine (C=N–C) groups is 2. The lowest BCUT2D eigenvalue weighted by molar-refractivity contribution is -0.119. The molecular formula is C26H21FN4O2S. The summed E-state index contributed by atoms with van der Waals surface area (Å²) < 4.78 is 13.2. The highest BCUT2D eigenvalue weighted by Crippen LogP contribution is 2.36. The third-order valence-corrected chi connectivity index (χ3v) is 6.71. The van der Waals surface area contributed by atoms with Crippen LogP contribution in [0.5, 0.6) is 0 Å². The van der Waals surface area contributed by atoms with Crippen LogP contribution in [0.15, 0.2) is 88.8 Å². The largest absolute Gasteiger partial charge is 0.325 e. The number of amidine groups is 2. The number of nitrogens with one attached hydrogen (secondary N) is 1. The molecule has 5 rings (SSSR count). The van der Waals surface area contributed by atoms with Gasteiger partial charge in [-0.25, -0.2) is 9.38 Å². The molecule has 0 saturated carbocycles. The number of hydrogen-bond donors (Lipinski definition) is 1. The molecule has 0 aromatic heterocycles. The molecule has 2 amide bonds. The summed E-state index contributed by atoms with van der Waals surface area (Å²) in [6.07, 6.45) is 0.477. The van der Waals surface area contributed by atoms with Crippen LogP contribution in [0.3, 0.4) is 0 Å². The second-order valence-corrected chi connectivity index (χ2v) is 9.32. The van der Waals surface area contributed by atoms with Crippen LogP contribution in [0, 0.1) is 5.82 Å². The Morgan fingerprint density at radius 2 is 1.74 bits per heavy atom. The average Bonchev–Trinajstić information content (AvgIpc) is 3.17. The minimum Gasteiger partial charge on any atom is -0.325 e. The fraction of sp³-hybridized carbons (Fsp3) is 0.154. The molecule has 3 aromatic rings. The molecule has 0 saturated heterocycles. The number of fused-ring (bicyclic) bond motifs is 3. The third kappa shape index (κ3) is 4.36. The minimum absolute atomic E-state index is 0.229. The van der Waals surface area contributed by atoms with Gasteiger partial charge in [0.05, 0.1) is 10.9 Å². The lowest BCUT2D eigenvalue weighted by atomic mass is 10.0. The molecule has 2 aliphatic heterocycles. The lowest BCUT2D eigenvalue weighted by Gasteiger charge is -2.32. The lowest BCUT2D eigenvalue weighted by Crippen LogP contribution is -2.45. The van der Waals surface area contributed by atoms with E-state index in [0.717, 1.165) is 11.1 Å². The number of halogens is 1. The van der Waals surface area contributed by atoms with Crippen molar-refractivity contribution in [3.8, 4) is 0 Å². The number of thioether (sulfide) groups is 1. The van der Waals surface area contributed by atoms with Crippen molar-refractivity contribution in [1.82, 2.24) is 4.90 Å². The first-order valence-electron chi connectivity index (χ1n) is 10.9. The van der Waals surface area contributed by atoms with Crippen LogP contribution in [0.25, 0.3) is 0 Å². The second kappa shape index (κ2) is 9.23. The molecule has 0 spiro atoms. The standard InChI is InChI=1S/C26H21FN4O2S/c1-16(24(32)28-19-13-11-18(27)12-14-19)34-26-29-21-10-6-5-9-20(21)23-30-25(33)22(31(23)26)15-17-7-3-2-4-8-17/h2-14,16,22H,15H2,1H3,(H,28,32). The second-order valence-electron chi connectivity index (χ2n) is 8.02. The number of rotatable bonds is 5. The van der Waals surface area contributed by atoms with Crippen molar-refractivity contribution < 1.29 is 14.0 Å². The summed E-state index contributed by atoms with van der Waals surface area (Å²) >= 11 is 1.26. The van der Waals surface area contributed by atoms with Crippen molar-refractivity contribution in [2.45, 2.75) is 24.6 Å². The van der Waals surface area contributed by atoms with Gasteiger partial charge in [-0.1, -0.05) is 54.2 Å². The summed E-state index contributed by atoms with van der Waals surface area (Å²) in [5.74, 6) is -0.287. The van der Waals surface area contributed by atoms with Crippen LogP contribution in [-0.4, -0.2) is 39.0 Å². The number of para-hydroxylation sites is 1. The van der Waals surface area contributed by atoms with E-state index in [1.54, 1.807) is 6.92 Å². The van der Waals surface area contributed by atoms with Gasteiger partial charge in [0.1, 0.15) is 17.7 Å². The molecule has 170 valence electrons. The van der Waals surface area contributed by atoms with E-state index in [2.05, 4.69) is 10.3 Å². The van der Waals surface area contributed by atoms with Gasteiger partial charge in [0, 0.05) is 17.7 Å². The van der Waals surface area contributed by atoms with Crippen LogP contribution in [0.2, 0.25) is 0 Å². The van der Waals surface area contributed by atoms with E-state index in [-0.39, 0.29) is 17.6 Å². The highest BCUT2D eigenvalue weighted by molar-refractivity contribution is 8.14. The number of amides is 2. The number of carbonyl (C=O) groups is 2. The van der Waals surface area contributed by atoms with E-state index in [4.69, 9.17) is 4.99 Å². The smallest absolute Gasteiger partial charge is 0.271 e. The van der Waals surface area contributed by atoms with E-state index in [1.165, 1.54) is 36.0 Å². The molecule has 3 aromatic carbocycles. The molecule has 6 nitrogen and oxygen atoms in total. The van der Waals surface area contributed by atoms with Crippen LogP contribution < -0.4 is 5.32 Å². The number of nitrogens with zero attached hydrogens (tertiary/aromatic N) is 3. The maximum Gasteiger partial charge on any atom is 0.271 e. The molecule has 0 radical (unpaired) electrons. The van der Waals surface area contributed by atoms with E-state index < -0.39 is 11.3 Å². The van der Waals surface area contributed by atoms with Gasteiger partial charge in [0.25, 0.3) is 5.91 Å². The predicted octanol–water partition coefficient (Wildman–Crippen LogP) is 4.79. The van der Waals surface area contributed by atoms with Crippen molar-refractivity contribution in [2.75, 3.05) is 5.32 Å². The van der Waals surface area contributed by atoms with Gasteiger partial charge in [-0.3, -0.25) is 14.5 Å². The van der Waals surface area contributed by atoms with Crippen molar-refractivity contribution >= 4 is 46.0 Å². The van der Waals surface area contributed by atoms with Gasteiger partial charge in [-0.05, 0) is 48.9 Å². The normalized spacial score (nSPS) is 17.4. The van der Waals surface area contributed by atoms with Crippen LogP contribution in [0.4, 0.5) is 15.8 Å². The van der Waals surface area contributed by atoms with Gasteiger partial charge in [-0.15, -0.1) is 0 Å². The first-order valence-corrected chi connectivity index (χ1v) is 11.7. The first kappa shape index (κ1) is 22.0. The topological polar surface area (TPSA) is 74.1 Å². The molecule has 2 atom stereocenters. The van der Waals surface area contributed by atoms with Crippen LogP contribution >= 0.6 is 11.8 Å². The summed E-state index contributed by atoms with van der Waals surface area (Å²) in [6, 6.07) is 22.4. The Morgan fingerprint density at radius 1 is 1.03 bits per heavy atom. The molecule has 34 heavy (non-hydrogen) atoms. The minimum atomic E-state index is -0.538. The quantitative estimate of drug-likeness (QED) is 0.580. The molecule has 2 heterocycles. The SMILES string of the molecule is CC(SC1=Nc2ccccc2C2=NC(=O)C(Cc3ccccc3)N12)C(=O)Nc1ccc(F)cc1. The zero-order valence-electron chi connectivity index (χ0n) is 18.3. The molecule has 0 aliphatic carbocycles. The van der Waals surface area contributed by atoms with Crippen molar-refractivity contribution in [3.05, 3.63) is 95.8 Å². The number of carbonyl (C=O) groups excluding carboxylic acids is 2. The highest BCUT2D eigenvalue weighted by atomic mass is 32.2. The molecule has 8 heteroatoms. The first-order chi connectivity index (χ1) is 16.5. The molecule has 0 bridgehead atoms. The number of benzene rings is 3. The van der Waals surface area contributed by atoms with E-state index in [0.29, 0.717) is 28.8 Å². The Kier molecular flexibility index (Phi) is 5.98. The predicted molar refractivity (Wildman–Crippen MR) is 133 cm³/mol. The van der Waals surface area contributed by atoms with Crippen LogP contribution in [0.1, 0.15) is 18.1 Å². The van der Waals surface area contributed by atoms with Crippen molar-refractivity contribution in [1.29, 1.82) is 0 Å². The van der Waals surface area contributed by atoms with Crippen molar-refractivity contribution in [3.63, 3.8) is 0 Å². The van der Waals surface area contributed by atoms with Gasteiger partial charge >= 0.3 is 0 Å². The maximum absolute atomic E-state index is 13.2. The molecule has 0 fully saturated rings. The fourth-order valence-electron chi connectivity index (χ4n) is 3.91. The van der Waals surface area contributed by atoms with Gasteiger partial charge in [0.15, 0.2) is 5.17 Å². The summed E-state index contributed by atoms with van der Waals surface area (Å²) in [7, 11) is 0. The zero-order valence-corrected chi connectivity index (χ0v) is 19.1. The van der Waals surface area contributed by atoms with E-state index in [9.17, 15) is 14.0 Å². The maximum atomic E-state index is 13.2. The Morgan fingerprint density at radius 3 is 2.50 bits per heavy atom. The number of anilines is 1. The summed E-state index contributed by atoms with van der Waals surface area (Å²) in [4.78, 5) is 36.9. The van der Waals surface area contributed by atoms with Gasteiger partial charge < -0.3 is 5.32 Å². The Balaban J connectivity index is 1.42. The molecule has 1 N–H and O–H groups in total. The van der Waals surface area contributed by atoms with Gasteiger partial charge in [0.2, 0.25) is 5.91 Å². The molecule has 2 aliphatic rings. The van der Waals surface area contributed by atoms with E-state index in [1.807, 2.05) is 59.5 Å². The number of hydrogen-bond acceptors (Lipinski definition) is 5. The average molecular weight is 473 g/mol. The summed E-state index contributed by atoms with van der Waals surface area (Å²) in [5.41, 5.74) is 3.02. The monoisotopic (exact) mass is 472 g/mol. The van der Waals surface area contributed by atoms with Gasteiger partial charge in [-0.2, -0.15) is 4.99 Å². The summed E-state index contributed by atoms with van der Waals surface area (Å²) in [5, 5.41) is 2.82. The highest BCUT2D eigenvalue weighted by Gasteiger charge is 2.42. The molecule has 2 unspecified atom stereocenters. The van der Waals surface area contributed by atoms with Crippen LogP contribution in [-0.2, 0) is 16.0 Å². The Hall–Kier alpha value is -3.78. The van der Waals surface area contributed by atoms with E-state index >= 15 is 0 Å².